The Morgan fingerprint density at radius 1 is 1.09 bits per heavy atom. The number of carbonyl (C=O) groups is 1. The minimum atomic E-state index is -0.147. The van der Waals surface area contributed by atoms with Crippen molar-refractivity contribution in [3.8, 4) is 5.69 Å². The van der Waals surface area contributed by atoms with E-state index in [9.17, 15) is 4.79 Å². The highest BCUT2D eigenvalue weighted by Crippen LogP contribution is 2.22. The van der Waals surface area contributed by atoms with Crippen molar-refractivity contribution in [2.45, 2.75) is 13.8 Å². The molecule has 5 heteroatoms. The molecule has 0 saturated carbocycles. The van der Waals surface area contributed by atoms with Gasteiger partial charge in [0.25, 0.3) is 5.91 Å². The van der Waals surface area contributed by atoms with Gasteiger partial charge in [0.2, 0.25) is 0 Å². The van der Waals surface area contributed by atoms with E-state index >= 15 is 0 Å². The molecule has 0 saturated heterocycles. The van der Waals surface area contributed by atoms with Crippen LogP contribution in [0.4, 0.5) is 5.69 Å². The summed E-state index contributed by atoms with van der Waals surface area (Å²) in [6.07, 6.45) is 0. The predicted molar refractivity (Wildman–Crippen MR) is 95.1 cm³/mol. The third-order valence-electron chi connectivity index (χ3n) is 3.50. The molecular formula is C18H16BrN3O. The van der Waals surface area contributed by atoms with Gasteiger partial charge < -0.3 is 5.32 Å². The Labute approximate surface area is 143 Å². The van der Waals surface area contributed by atoms with Crippen molar-refractivity contribution in [2.24, 2.45) is 0 Å². The van der Waals surface area contributed by atoms with E-state index in [1.807, 2.05) is 61.0 Å². The van der Waals surface area contributed by atoms with Gasteiger partial charge in [-0.1, -0.05) is 28.1 Å². The van der Waals surface area contributed by atoms with Crippen LogP contribution in [-0.2, 0) is 0 Å². The maximum Gasteiger partial charge on any atom is 0.255 e. The summed E-state index contributed by atoms with van der Waals surface area (Å²) in [7, 11) is 0. The second kappa shape index (κ2) is 6.38. The van der Waals surface area contributed by atoms with Crippen LogP contribution < -0.4 is 5.32 Å². The molecule has 0 radical (unpaired) electrons. The van der Waals surface area contributed by atoms with E-state index in [4.69, 9.17) is 0 Å². The first-order valence-corrected chi connectivity index (χ1v) is 8.03. The number of aromatic nitrogens is 2. The van der Waals surface area contributed by atoms with Crippen LogP contribution in [0.15, 0.2) is 59.1 Å². The fraction of sp³-hybridized carbons (Fsp3) is 0.111. The summed E-state index contributed by atoms with van der Waals surface area (Å²) in [6.45, 7) is 3.94. The van der Waals surface area contributed by atoms with Gasteiger partial charge in [0.05, 0.1) is 17.1 Å². The van der Waals surface area contributed by atoms with Gasteiger partial charge in [0, 0.05) is 15.7 Å². The van der Waals surface area contributed by atoms with Crippen molar-refractivity contribution >= 4 is 27.5 Å². The lowest BCUT2D eigenvalue weighted by Gasteiger charge is -2.12. The van der Waals surface area contributed by atoms with Gasteiger partial charge in [0.1, 0.15) is 0 Å². The van der Waals surface area contributed by atoms with Gasteiger partial charge in [-0.15, -0.1) is 0 Å². The van der Waals surface area contributed by atoms with Crippen LogP contribution in [0.1, 0.15) is 21.7 Å². The minimum absolute atomic E-state index is 0.147. The summed E-state index contributed by atoms with van der Waals surface area (Å²) >= 11 is 3.37. The molecule has 0 fully saturated rings. The molecule has 1 aromatic heterocycles. The number of benzene rings is 2. The smallest absolute Gasteiger partial charge is 0.255 e. The van der Waals surface area contributed by atoms with Gasteiger partial charge in [-0.05, 0) is 56.3 Å². The topological polar surface area (TPSA) is 46.9 Å². The van der Waals surface area contributed by atoms with Crippen LogP contribution in [0.25, 0.3) is 5.69 Å². The first-order valence-electron chi connectivity index (χ1n) is 7.24. The number of hydrogen-bond donors (Lipinski definition) is 1. The van der Waals surface area contributed by atoms with E-state index in [0.717, 1.165) is 27.2 Å². The van der Waals surface area contributed by atoms with Gasteiger partial charge in [-0.3, -0.25) is 4.79 Å². The molecule has 23 heavy (non-hydrogen) atoms. The van der Waals surface area contributed by atoms with Crippen LogP contribution >= 0.6 is 15.9 Å². The first kappa shape index (κ1) is 15.5. The Morgan fingerprint density at radius 3 is 2.43 bits per heavy atom. The molecule has 1 amide bonds. The number of aryl methyl sites for hydroxylation is 2. The average Bonchev–Trinajstić information content (AvgIpc) is 2.87. The van der Waals surface area contributed by atoms with Crippen LogP contribution in [0.2, 0.25) is 0 Å². The fourth-order valence-corrected chi connectivity index (χ4v) is 2.70. The second-order valence-corrected chi connectivity index (χ2v) is 6.23. The zero-order valence-electron chi connectivity index (χ0n) is 12.9. The van der Waals surface area contributed by atoms with Crippen LogP contribution in [0.3, 0.4) is 0 Å². The third-order valence-corrected chi connectivity index (χ3v) is 4.03. The van der Waals surface area contributed by atoms with Gasteiger partial charge >= 0.3 is 0 Å². The molecule has 0 unspecified atom stereocenters. The third kappa shape index (κ3) is 3.35. The molecular weight excluding hydrogens is 354 g/mol. The molecule has 0 bridgehead atoms. The number of anilines is 1. The van der Waals surface area contributed by atoms with Gasteiger partial charge in [0.15, 0.2) is 0 Å². The second-order valence-electron chi connectivity index (χ2n) is 5.32. The van der Waals surface area contributed by atoms with Crippen molar-refractivity contribution in [3.05, 3.63) is 76.0 Å². The maximum atomic E-state index is 12.4. The Morgan fingerprint density at radius 2 is 1.78 bits per heavy atom. The summed E-state index contributed by atoms with van der Waals surface area (Å²) in [6, 6.07) is 16.9. The summed E-state index contributed by atoms with van der Waals surface area (Å²) in [5.41, 5.74) is 4.15. The van der Waals surface area contributed by atoms with Crippen LogP contribution in [0.5, 0.6) is 0 Å². The standard InChI is InChI=1S/C18H16BrN3O/c1-12-11-13(2)22(21-12)17-6-4-3-5-16(17)20-18(23)14-7-9-15(19)10-8-14/h3-11H,1-2H3,(H,20,23). The lowest BCUT2D eigenvalue weighted by Crippen LogP contribution is -2.14. The largest absolute Gasteiger partial charge is 0.320 e. The highest BCUT2D eigenvalue weighted by atomic mass is 79.9. The highest BCUT2D eigenvalue weighted by molar-refractivity contribution is 9.10. The molecule has 4 nitrogen and oxygen atoms in total. The van der Waals surface area contributed by atoms with E-state index in [-0.39, 0.29) is 5.91 Å². The molecule has 0 aliphatic carbocycles. The van der Waals surface area contributed by atoms with Gasteiger partial charge in [-0.2, -0.15) is 5.10 Å². The maximum absolute atomic E-state index is 12.4. The first-order chi connectivity index (χ1) is 11.0. The quantitative estimate of drug-likeness (QED) is 0.738. The highest BCUT2D eigenvalue weighted by Gasteiger charge is 2.12. The van der Waals surface area contributed by atoms with E-state index < -0.39 is 0 Å². The zero-order valence-corrected chi connectivity index (χ0v) is 14.5. The molecule has 116 valence electrons. The predicted octanol–water partition coefficient (Wildman–Crippen LogP) is 4.50. The molecule has 1 heterocycles. The average molecular weight is 370 g/mol. The molecule has 3 rings (SSSR count). The number of hydrogen-bond acceptors (Lipinski definition) is 2. The van der Waals surface area contributed by atoms with E-state index in [2.05, 4.69) is 26.3 Å². The minimum Gasteiger partial charge on any atom is -0.320 e. The number of amides is 1. The SMILES string of the molecule is Cc1cc(C)n(-c2ccccc2NC(=O)c2ccc(Br)cc2)n1. The van der Waals surface area contributed by atoms with Crippen molar-refractivity contribution < 1.29 is 4.79 Å². The molecule has 0 aliphatic heterocycles. The lowest BCUT2D eigenvalue weighted by atomic mass is 10.2. The number of para-hydroxylation sites is 2. The Hall–Kier alpha value is -2.40. The zero-order chi connectivity index (χ0) is 16.4. The summed E-state index contributed by atoms with van der Waals surface area (Å²) in [4.78, 5) is 12.4. The summed E-state index contributed by atoms with van der Waals surface area (Å²) in [5.74, 6) is -0.147. The number of rotatable bonds is 3. The van der Waals surface area contributed by atoms with E-state index in [1.165, 1.54) is 0 Å². The van der Waals surface area contributed by atoms with Crippen molar-refractivity contribution in [3.63, 3.8) is 0 Å². The van der Waals surface area contributed by atoms with Crippen molar-refractivity contribution in [1.82, 2.24) is 9.78 Å². The van der Waals surface area contributed by atoms with Crippen LogP contribution in [-0.4, -0.2) is 15.7 Å². The lowest BCUT2D eigenvalue weighted by molar-refractivity contribution is 0.102. The van der Waals surface area contributed by atoms with Crippen molar-refractivity contribution in [1.29, 1.82) is 0 Å². The Bertz CT molecular complexity index is 853. The molecule has 3 aromatic rings. The number of nitrogens with one attached hydrogen (secondary N) is 1. The number of nitrogens with zero attached hydrogens (tertiary/aromatic N) is 2. The summed E-state index contributed by atoms with van der Waals surface area (Å²) < 4.78 is 2.78. The van der Waals surface area contributed by atoms with Gasteiger partial charge in [-0.25, -0.2) is 4.68 Å². The molecule has 2 aromatic carbocycles. The Kier molecular flexibility index (Phi) is 4.30. The summed E-state index contributed by atoms with van der Waals surface area (Å²) in [5, 5.41) is 7.46. The molecule has 0 spiro atoms. The molecule has 0 aliphatic rings. The van der Waals surface area contributed by atoms with E-state index in [0.29, 0.717) is 5.56 Å². The fourth-order valence-electron chi connectivity index (χ4n) is 2.43. The molecule has 0 atom stereocenters. The van der Waals surface area contributed by atoms with Crippen LogP contribution in [0, 0.1) is 13.8 Å². The normalized spacial score (nSPS) is 10.6. The number of carbonyl (C=O) groups excluding carboxylic acids is 1. The number of halogens is 1. The Balaban J connectivity index is 1.93. The molecule has 1 N–H and O–H groups in total. The van der Waals surface area contributed by atoms with E-state index in [1.54, 1.807) is 12.1 Å². The monoisotopic (exact) mass is 369 g/mol. The van der Waals surface area contributed by atoms with Crippen molar-refractivity contribution in [2.75, 3.05) is 5.32 Å².